The molecule has 0 spiro atoms. The lowest BCUT2D eigenvalue weighted by molar-refractivity contribution is -0.123. The molecule has 0 radical (unpaired) electrons. The molecular formula is C21H24N2O3. The van der Waals surface area contributed by atoms with Gasteiger partial charge in [-0.1, -0.05) is 48.5 Å². The molecule has 0 fully saturated rings. The van der Waals surface area contributed by atoms with Crippen molar-refractivity contribution in [3.05, 3.63) is 59.7 Å². The van der Waals surface area contributed by atoms with Crippen LogP contribution in [0.2, 0.25) is 0 Å². The topological polar surface area (TPSA) is 67.4 Å². The average molecular weight is 352 g/mol. The Hall–Kier alpha value is -2.82. The fourth-order valence-corrected chi connectivity index (χ4v) is 2.94. The minimum atomic E-state index is -0.684. The first-order valence-electron chi connectivity index (χ1n) is 8.74. The molecule has 2 N–H and O–H groups in total. The van der Waals surface area contributed by atoms with E-state index in [0.717, 1.165) is 22.3 Å². The van der Waals surface area contributed by atoms with Gasteiger partial charge in [-0.05, 0) is 49.9 Å². The smallest absolute Gasteiger partial charge is 0.408 e. The van der Waals surface area contributed by atoms with Crippen LogP contribution in [0.25, 0.3) is 11.1 Å². The predicted molar refractivity (Wildman–Crippen MR) is 101 cm³/mol. The molecule has 0 aliphatic heterocycles. The van der Waals surface area contributed by atoms with Crippen LogP contribution in [0.4, 0.5) is 4.79 Å². The van der Waals surface area contributed by atoms with Crippen molar-refractivity contribution >= 4 is 12.0 Å². The van der Waals surface area contributed by atoms with Crippen LogP contribution in [0.3, 0.4) is 0 Å². The summed E-state index contributed by atoms with van der Waals surface area (Å²) in [6, 6.07) is 15.4. The maximum absolute atomic E-state index is 12.5. The highest BCUT2D eigenvalue weighted by molar-refractivity contribution is 5.87. The van der Waals surface area contributed by atoms with Gasteiger partial charge in [0.15, 0.2) is 0 Å². The highest BCUT2D eigenvalue weighted by atomic mass is 16.6. The van der Waals surface area contributed by atoms with Crippen LogP contribution in [0.5, 0.6) is 0 Å². The first-order valence-corrected chi connectivity index (χ1v) is 8.74. The molecule has 0 heterocycles. The monoisotopic (exact) mass is 352 g/mol. The van der Waals surface area contributed by atoms with Crippen LogP contribution in [-0.4, -0.2) is 23.6 Å². The molecule has 2 aromatic rings. The lowest BCUT2D eigenvalue weighted by Crippen LogP contribution is -2.48. The van der Waals surface area contributed by atoms with Crippen LogP contribution >= 0.6 is 0 Å². The first kappa shape index (κ1) is 18.0. The molecule has 5 nitrogen and oxygen atoms in total. The number of fused-ring (bicyclic) bond motifs is 2. The molecule has 0 saturated heterocycles. The Morgan fingerprint density at radius 2 is 1.77 bits per heavy atom. The molecule has 5 heteroatoms. The van der Waals surface area contributed by atoms with Crippen molar-refractivity contribution in [2.45, 2.75) is 45.4 Å². The second-order valence-corrected chi connectivity index (χ2v) is 7.52. The summed E-state index contributed by atoms with van der Waals surface area (Å²) in [5.74, 6) is -0.244. The lowest BCUT2D eigenvalue weighted by Gasteiger charge is -2.32. The summed E-state index contributed by atoms with van der Waals surface area (Å²) in [7, 11) is 0. The van der Waals surface area contributed by atoms with Gasteiger partial charge in [-0.25, -0.2) is 4.79 Å². The predicted octanol–water partition coefficient (Wildman–Crippen LogP) is 3.79. The molecule has 2 bridgehead atoms. The van der Waals surface area contributed by atoms with E-state index < -0.39 is 17.7 Å². The number of hydrogen-bond donors (Lipinski definition) is 2. The first-order chi connectivity index (χ1) is 12.2. The van der Waals surface area contributed by atoms with Gasteiger partial charge in [0, 0.05) is 0 Å². The zero-order valence-corrected chi connectivity index (χ0v) is 15.5. The van der Waals surface area contributed by atoms with E-state index in [1.165, 1.54) is 0 Å². The largest absolute Gasteiger partial charge is 0.444 e. The number of amides is 2. The van der Waals surface area contributed by atoms with Crippen molar-refractivity contribution in [1.29, 1.82) is 0 Å². The summed E-state index contributed by atoms with van der Waals surface area (Å²) < 4.78 is 5.19. The zero-order chi connectivity index (χ0) is 18.9. The number of rotatable bonds is 4. The standard InChI is InChI=1S/C21H24N2O3/c1-13(22-20(25)26-21(2,3)4)19(24)23-18-15-10-11-16(17(18)12-15)14-8-6-5-7-9-14/h5-13,18H,1-4H3,(H,22,25)(H,23,24). The Morgan fingerprint density at radius 1 is 1.08 bits per heavy atom. The van der Waals surface area contributed by atoms with Gasteiger partial charge in [0.25, 0.3) is 0 Å². The van der Waals surface area contributed by atoms with Gasteiger partial charge >= 0.3 is 6.09 Å². The van der Waals surface area contributed by atoms with Crippen LogP contribution in [-0.2, 0) is 9.53 Å². The van der Waals surface area contributed by atoms with Crippen LogP contribution < -0.4 is 10.6 Å². The van der Waals surface area contributed by atoms with Gasteiger partial charge in [-0.2, -0.15) is 0 Å². The lowest BCUT2D eigenvalue weighted by atomic mass is 9.81. The van der Waals surface area contributed by atoms with Crippen molar-refractivity contribution in [2.24, 2.45) is 0 Å². The van der Waals surface area contributed by atoms with E-state index in [9.17, 15) is 9.59 Å². The molecule has 2 aliphatic carbocycles. The Kier molecular flexibility index (Phi) is 4.72. The van der Waals surface area contributed by atoms with Gasteiger partial charge in [0.1, 0.15) is 11.6 Å². The van der Waals surface area contributed by atoms with Gasteiger partial charge < -0.3 is 15.4 Å². The third kappa shape index (κ3) is 3.87. The van der Waals surface area contributed by atoms with E-state index in [4.69, 9.17) is 4.74 Å². The Bertz CT molecular complexity index is 821. The minimum absolute atomic E-state index is 0.134. The molecule has 2 atom stereocenters. The quantitative estimate of drug-likeness (QED) is 0.880. The van der Waals surface area contributed by atoms with Gasteiger partial charge in [0.2, 0.25) is 5.91 Å². The third-order valence-corrected chi connectivity index (χ3v) is 4.22. The van der Waals surface area contributed by atoms with Gasteiger partial charge in [0.05, 0.1) is 6.04 Å². The summed E-state index contributed by atoms with van der Waals surface area (Å²) >= 11 is 0. The molecule has 0 saturated carbocycles. The summed E-state index contributed by atoms with van der Waals surface area (Å²) in [4.78, 5) is 24.3. The van der Waals surface area contributed by atoms with E-state index >= 15 is 0 Å². The number of ether oxygens (including phenoxy) is 1. The number of hydrogen-bond acceptors (Lipinski definition) is 3. The number of benzene rings is 2. The van der Waals surface area contributed by atoms with Crippen molar-refractivity contribution in [2.75, 3.05) is 0 Å². The summed E-state index contributed by atoms with van der Waals surface area (Å²) in [5, 5.41) is 5.57. The van der Waals surface area contributed by atoms with Gasteiger partial charge in [-0.15, -0.1) is 0 Å². The molecule has 2 amide bonds. The maximum atomic E-state index is 12.5. The van der Waals surface area contributed by atoms with E-state index in [0.29, 0.717) is 0 Å². The van der Waals surface area contributed by atoms with E-state index in [1.807, 2.05) is 24.3 Å². The molecule has 0 aromatic heterocycles. The Balaban J connectivity index is 1.63. The molecule has 136 valence electrons. The number of nitrogens with one attached hydrogen (secondary N) is 2. The third-order valence-electron chi connectivity index (χ3n) is 4.22. The summed E-state index contributed by atoms with van der Waals surface area (Å²) in [6.07, 6.45) is -0.600. The SMILES string of the molecule is CC(NC(=O)OC(C)(C)C)C(=O)NC1c2ccc(-c3ccccc3)c1c2. The number of alkyl carbamates (subject to hydrolysis) is 1. The zero-order valence-electron chi connectivity index (χ0n) is 15.5. The summed E-state index contributed by atoms with van der Waals surface area (Å²) in [5.41, 5.74) is 3.78. The van der Waals surface area contributed by atoms with E-state index in [2.05, 4.69) is 34.9 Å². The second-order valence-electron chi connectivity index (χ2n) is 7.52. The highest BCUT2D eigenvalue weighted by Gasteiger charge is 2.30. The Morgan fingerprint density at radius 3 is 2.38 bits per heavy atom. The van der Waals surface area contributed by atoms with E-state index in [-0.39, 0.29) is 11.9 Å². The minimum Gasteiger partial charge on any atom is -0.444 e. The van der Waals surface area contributed by atoms with Crippen molar-refractivity contribution in [1.82, 2.24) is 10.6 Å². The van der Waals surface area contributed by atoms with E-state index in [1.54, 1.807) is 27.7 Å². The number of carbonyl (C=O) groups is 2. The molecule has 4 rings (SSSR count). The van der Waals surface area contributed by atoms with Crippen molar-refractivity contribution in [3.8, 4) is 11.1 Å². The molecular weight excluding hydrogens is 328 g/mol. The molecule has 2 aromatic carbocycles. The normalized spacial score (nSPS) is 16.2. The van der Waals surface area contributed by atoms with Crippen LogP contribution in [0.1, 0.15) is 44.9 Å². The van der Waals surface area contributed by atoms with Crippen molar-refractivity contribution < 1.29 is 14.3 Å². The fourth-order valence-electron chi connectivity index (χ4n) is 2.94. The average Bonchev–Trinajstić information content (AvgIpc) is 2.58. The highest BCUT2D eigenvalue weighted by Crippen LogP contribution is 2.40. The van der Waals surface area contributed by atoms with Crippen LogP contribution in [0.15, 0.2) is 48.5 Å². The molecule has 26 heavy (non-hydrogen) atoms. The number of carbonyl (C=O) groups excluding carboxylic acids is 2. The Labute approximate surface area is 153 Å². The maximum Gasteiger partial charge on any atom is 0.408 e. The molecule has 2 unspecified atom stereocenters. The fraction of sp³-hybridized carbons (Fsp3) is 0.333. The van der Waals surface area contributed by atoms with Crippen molar-refractivity contribution in [3.63, 3.8) is 0 Å². The second kappa shape index (κ2) is 6.83. The van der Waals surface area contributed by atoms with Gasteiger partial charge in [-0.3, -0.25) is 4.79 Å². The summed E-state index contributed by atoms with van der Waals surface area (Å²) in [6.45, 7) is 6.99. The van der Waals surface area contributed by atoms with Crippen LogP contribution in [0, 0.1) is 0 Å². The molecule has 2 aliphatic rings.